The van der Waals surface area contributed by atoms with Crippen LogP contribution in [0.25, 0.3) is 0 Å². The van der Waals surface area contributed by atoms with E-state index in [-0.39, 0.29) is 0 Å². The fourth-order valence-electron chi connectivity index (χ4n) is 1.39. The van der Waals surface area contributed by atoms with Gasteiger partial charge < -0.3 is 20.3 Å². The quantitative estimate of drug-likeness (QED) is 0.590. The Labute approximate surface area is 120 Å². The summed E-state index contributed by atoms with van der Waals surface area (Å²) in [7, 11) is 4.05. The minimum atomic E-state index is 0.495. The zero-order chi connectivity index (χ0) is 14.1. The van der Waals surface area contributed by atoms with Gasteiger partial charge in [0.25, 0.3) is 0 Å². The predicted octanol–water partition coefficient (Wildman–Crippen LogP) is 2.10. The summed E-state index contributed by atoms with van der Waals surface area (Å²) in [6, 6.07) is 7.67. The largest absolute Gasteiger partial charge is 0.489 e. The normalized spacial score (nSPS) is 10.1. The minimum absolute atomic E-state index is 0.495. The van der Waals surface area contributed by atoms with Gasteiger partial charge in [0.1, 0.15) is 12.4 Å². The van der Waals surface area contributed by atoms with Gasteiger partial charge in [0.2, 0.25) is 0 Å². The van der Waals surface area contributed by atoms with Gasteiger partial charge >= 0.3 is 0 Å². The van der Waals surface area contributed by atoms with Crippen molar-refractivity contribution in [3.63, 3.8) is 0 Å². The molecule has 0 atom stereocenters. The van der Waals surface area contributed by atoms with Crippen LogP contribution >= 0.6 is 12.2 Å². The first-order valence-electron chi connectivity index (χ1n) is 6.15. The highest BCUT2D eigenvalue weighted by atomic mass is 32.1. The second kappa shape index (κ2) is 8.50. The third-order valence-corrected chi connectivity index (χ3v) is 2.55. The Balaban J connectivity index is 2.42. The van der Waals surface area contributed by atoms with Gasteiger partial charge in [-0.05, 0) is 38.4 Å². The van der Waals surface area contributed by atoms with E-state index in [1.807, 2.05) is 38.4 Å². The first kappa shape index (κ1) is 15.5. The van der Waals surface area contributed by atoms with E-state index in [1.54, 1.807) is 6.08 Å². The van der Waals surface area contributed by atoms with Gasteiger partial charge in [-0.25, -0.2) is 0 Å². The van der Waals surface area contributed by atoms with E-state index in [4.69, 9.17) is 17.0 Å². The molecule has 0 fully saturated rings. The van der Waals surface area contributed by atoms with Gasteiger partial charge in [0, 0.05) is 24.8 Å². The third kappa shape index (κ3) is 6.79. The van der Waals surface area contributed by atoms with Crippen LogP contribution in [0.15, 0.2) is 36.9 Å². The van der Waals surface area contributed by atoms with Crippen LogP contribution in [0, 0.1) is 0 Å². The lowest BCUT2D eigenvalue weighted by Gasteiger charge is -2.14. The topological polar surface area (TPSA) is 36.5 Å². The fourth-order valence-corrected chi connectivity index (χ4v) is 1.61. The Bertz CT molecular complexity index is 421. The van der Waals surface area contributed by atoms with Crippen LogP contribution in [-0.4, -0.2) is 43.8 Å². The summed E-state index contributed by atoms with van der Waals surface area (Å²) in [5.74, 6) is 0.793. The highest BCUT2D eigenvalue weighted by molar-refractivity contribution is 7.80. The molecule has 0 amide bonds. The molecular formula is C14H21N3OS. The molecule has 4 nitrogen and oxygen atoms in total. The molecule has 104 valence electrons. The van der Waals surface area contributed by atoms with Crippen LogP contribution in [-0.2, 0) is 0 Å². The Hall–Kier alpha value is -1.59. The van der Waals surface area contributed by atoms with Crippen molar-refractivity contribution in [1.29, 1.82) is 0 Å². The van der Waals surface area contributed by atoms with Gasteiger partial charge in [0.05, 0.1) is 0 Å². The van der Waals surface area contributed by atoms with Crippen LogP contribution in [0.3, 0.4) is 0 Å². The van der Waals surface area contributed by atoms with Gasteiger partial charge in [-0.1, -0.05) is 18.7 Å². The number of anilines is 1. The van der Waals surface area contributed by atoms with Crippen LogP contribution in [0.4, 0.5) is 5.69 Å². The van der Waals surface area contributed by atoms with Crippen LogP contribution in [0.5, 0.6) is 5.75 Å². The number of hydrogen-bond acceptors (Lipinski definition) is 3. The van der Waals surface area contributed by atoms with Crippen molar-refractivity contribution in [3.8, 4) is 5.75 Å². The van der Waals surface area contributed by atoms with Crippen molar-refractivity contribution < 1.29 is 4.74 Å². The summed E-state index contributed by atoms with van der Waals surface area (Å²) in [6.07, 6.45) is 1.72. The van der Waals surface area contributed by atoms with Gasteiger partial charge in [-0.15, -0.1) is 0 Å². The maximum absolute atomic E-state index is 5.46. The number of thiocarbonyl (C=S) groups is 1. The lowest BCUT2D eigenvalue weighted by atomic mass is 10.3. The summed E-state index contributed by atoms with van der Waals surface area (Å²) in [6.45, 7) is 5.86. The number of ether oxygens (including phenoxy) is 1. The summed E-state index contributed by atoms with van der Waals surface area (Å²) < 4.78 is 5.46. The van der Waals surface area contributed by atoms with Crippen LogP contribution in [0.1, 0.15) is 0 Å². The Morgan fingerprint density at radius 3 is 2.95 bits per heavy atom. The molecule has 0 spiro atoms. The second-order valence-electron chi connectivity index (χ2n) is 4.31. The average molecular weight is 279 g/mol. The van der Waals surface area contributed by atoms with Crippen LogP contribution < -0.4 is 15.4 Å². The fraction of sp³-hybridized carbons (Fsp3) is 0.357. The molecule has 0 saturated heterocycles. The molecule has 19 heavy (non-hydrogen) atoms. The average Bonchev–Trinajstić information content (AvgIpc) is 2.36. The first-order chi connectivity index (χ1) is 9.11. The summed E-state index contributed by atoms with van der Waals surface area (Å²) >= 11 is 5.22. The maximum Gasteiger partial charge on any atom is 0.170 e. The van der Waals surface area contributed by atoms with E-state index in [2.05, 4.69) is 22.1 Å². The van der Waals surface area contributed by atoms with Crippen molar-refractivity contribution >= 4 is 23.0 Å². The smallest absolute Gasteiger partial charge is 0.170 e. The highest BCUT2D eigenvalue weighted by Crippen LogP contribution is 2.17. The predicted molar refractivity (Wildman–Crippen MR) is 84.9 cm³/mol. The molecule has 2 N–H and O–H groups in total. The monoisotopic (exact) mass is 279 g/mol. The molecule has 5 heteroatoms. The molecule has 0 saturated carbocycles. The molecular weight excluding hydrogens is 258 g/mol. The first-order valence-corrected chi connectivity index (χ1v) is 6.56. The van der Waals surface area contributed by atoms with E-state index in [1.165, 1.54) is 0 Å². The molecule has 0 aromatic heterocycles. The third-order valence-electron chi connectivity index (χ3n) is 2.30. The molecule has 0 aliphatic rings. The zero-order valence-corrected chi connectivity index (χ0v) is 12.3. The van der Waals surface area contributed by atoms with Gasteiger partial charge in [-0.2, -0.15) is 0 Å². The molecule has 0 heterocycles. The molecule has 0 bridgehead atoms. The zero-order valence-electron chi connectivity index (χ0n) is 11.5. The number of hydrogen-bond donors (Lipinski definition) is 2. The van der Waals surface area contributed by atoms with Crippen molar-refractivity contribution in [2.75, 3.05) is 39.1 Å². The number of benzene rings is 1. The van der Waals surface area contributed by atoms with Crippen molar-refractivity contribution in [2.24, 2.45) is 0 Å². The number of rotatable bonds is 7. The SMILES string of the molecule is C=CCOc1cccc(NC(=S)NCCN(C)C)c1. The Morgan fingerprint density at radius 2 is 2.26 bits per heavy atom. The molecule has 0 radical (unpaired) electrons. The van der Waals surface area contributed by atoms with E-state index in [0.29, 0.717) is 11.7 Å². The minimum Gasteiger partial charge on any atom is -0.489 e. The second-order valence-corrected chi connectivity index (χ2v) is 4.72. The Morgan fingerprint density at radius 1 is 1.47 bits per heavy atom. The molecule has 1 aromatic rings. The highest BCUT2D eigenvalue weighted by Gasteiger charge is 1.99. The molecule has 0 aliphatic heterocycles. The lowest BCUT2D eigenvalue weighted by molar-refractivity contribution is 0.363. The number of nitrogens with one attached hydrogen (secondary N) is 2. The standard InChI is InChI=1S/C14H21N3OS/c1-4-10-18-13-7-5-6-12(11-13)16-14(19)15-8-9-17(2)3/h4-7,11H,1,8-10H2,2-3H3,(H2,15,16,19). The van der Waals surface area contributed by atoms with Crippen molar-refractivity contribution in [3.05, 3.63) is 36.9 Å². The van der Waals surface area contributed by atoms with E-state index in [9.17, 15) is 0 Å². The van der Waals surface area contributed by atoms with E-state index >= 15 is 0 Å². The van der Waals surface area contributed by atoms with Crippen molar-refractivity contribution in [2.45, 2.75) is 0 Å². The Kier molecular flexibility index (Phi) is 6.92. The summed E-state index contributed by atoms with van der Waals surface area (Å²) in [4.78, 5) is 2.10. The molecule has 1 rings (SSSR count). The lowest BCUT2D eigenvalue weighted by Crippen LogP contribution is -2.34. The van der Waals surface area contributed by atoms with E-state index < -0.39 is 0 Å². The molecule has 0 aliphatic carbocycles. The summed E-state index contributed by atoms with van der Waals surface area (Å²) in [5.41, 5.74) is 0.906. The molecule has 1 aromatic carbocycles. The van der Waals surface area contributed by atoms with E-state index in [0.717, 1.165) is 24.5 Å². The van der Waals surface area contributed by atoms with Crippen molar-refractivity contribution in [1.82, 2.24) is 10.2 Å². The number of nitrogens with zero attached hydrogens (tertiary/aromatic N) is 1. The van der Waals surface area contributed by atoms with Crippen LogP contribution in [0.2, 0.25) is 0 Å². The molecule has 0 unspecified atom stereocenters. The number of likely N-dealkylation sites (N-methyl/N-ethyl adjacent to an activating group) is 1. The van der Waals surface area contributed by atoms with Gasteiger partial charge in [0.15, 0.2) is 5.11 Å². The maximum atomic E-state index is 5.46. The summed E-state index contributed by atoms with van der Waals surface area (Å²) in [5, 5.41) is 6.89. The van der Waals surface area contributed by atoms with Gasteiger partial charge in [-0.3, -0.25) is 0 Å².